The third-order valence-corrected chi connectivity index (χ3v) is 6.37. The van der Waals surface area contributed by atoms with E-state index in [9.17, 15) is 19.7 Å². The molecule has 0 aliphatic carbocycles. The van der Waals surface area contributed by atoms with Crippen molar-refractivity contribution in [3.63, 3.8) is 0 Å². The lowest BCUT2D eigenvalue weighted by atomic mass is 10.1. The molecule has 1 saturated heterocycles. The second-order valence-corrected chi connectivity index (χ2v) is 8.91. The number of benzene rings is 3. The number of carbonyl (C=O) groups is 2. The fourth-order valence-electron chi connectivity index (χ4n) is 4.44. The van der Waals surface area contributed by atoms with E-state index in [0.717, 1.165) is 38.4 Å². The largest absolute Gasteiger partial charge is 0.462 e. The van der Waals surface area contributed by atoms with Crippen LogP contribution in [0.3, 0.4) is 0 Å². The maximum atomic E-state index is 13.1. The van der Waals surface area contributed by atoms with Crippen molar-refractivity contribution < 1.29 is 19.2 Å². The zero-order chi connectivity index (χ0) is 26.4. The maximum absolute atomic E-state index is 13.1. The van der Waals surface area contributed by atoms with Gasteiger partial charge in [-0.1, -0.05) is 30.3 Å². The molecule has 1 aliphatic heterocycles. The van der Waals surface area contributed by atoms with E-state index in [1.807, 2.05) is 24.3 Å². The molecule has 192 valence electrons. The maximum Gasteiger partial charge on any atom is 0.338 e. The molecule has 1 amide bonds. The van der Waals surface area contributed by atoms with Crippen molar-refractivity contribution in [2.45, 2.75) is 20.4 Å². The van der Waals surface area contributed by atoms with E-state index in [1.165, 1.54) is 23.8 Å². The molecule has 0 radical (unpaired) electrons. The van der Waals surface area contributed by atoms with Gasteiger partial charge in [-0.2, -0.15) is 0 Å². The molecular formula is C28H30N4O5. The minimum absolute atomic E-state index is 0.0464. The smallest absolute Gasteiger partial charge is 0.338 e. The first-order valence-electron chi connectivity index (χ1n) is 12.2. The summed E-state index contributed by atoms with van der Waals surface area (Å²) >= 11 is 0. The number of aryl methyl sites for hydroxylation is 1. The lowest BCUT2D eigenvalue weighted by Crippen LogP contribution is -2.46. The Labute approximate surface area is 215 Å². The quantitative estimate of drug-likeness (QED) is 0.271. The van der Waals surface area contributed by atoms with Crippen molar-refractivity contribution in [3.8, 4) is 0 Å². The molecule has 0 unspecified atom stereocenters. The first-order chi connectivity index (χ1) is 17.9. The van der Waals surface area contributed by atoms with E-state index in [2.05, 4.69) is 27.2 Å². The van der Waals surface area contributed by atoms with E-state index in [0.29, 0.717) is 22.4 Å². The van der Waals surface area contributed by atoms with Gasteiger partial charge in [0.05, 0.1) is 28.5 Å². The van der Waals surface area contributed by atoms with Crippen LogP contribution in [-0.2, 0) is 11.3 Å². The van der Waals surface area contributed by atoms with Crippen LogP contribution in [0.5, 0.6) is 0 Å². The van der Waals surface area contributed by atoms with Gasteiger partial charge < -0.3 is 15.0 Å². The second kappa shape index (κ2) is 11.7. The molecule has 0 spiro atoms. The van der Waals surface area contributed by atoms with E-state index in [-0.39, 0.29) is 12.3 Å². The van der Waals surface area contributed by atoms with Gasteiger partial charge in [-0.15, -0.1) is 0 Å². The first kappa shape index (κ1) is 25.8. The average molecular weight is 503 g/mol. The van der Waals surface area contributed by atoms with Gasteiger partial charge in [-0.05, 0) is 49.7 Å². The Morgan fingerprint density at radius 2 is 1.68 bits per heavy atom. The summed E-state index contributed by atoms with van der Waals surface area (Å²) < 4.78 is 5.14. The van der Waals surface area contributed by atoms with Crippen LogP contribution in [0.2, 0.25) is 0 Å². The zero-order valence-electron chi connectivity index (χ0n) is 21.0. The van der Waals surface area contributed by atoms with Crippen molar-refractivity contribution in [2.24, 2.45) is 0 Å². The monoisotopic (exact) mass is 502 g/mol. The number of anilines is 2. The summed E-state index contributed by atoms with van der Waals surface area (Å²) in [5, 5.41) is 14.1. The third-order valence-electron chi connectivity index (χ3n) is 6.37. The Hall–Kier alpha value is -4.24. The van der Waals surface area contributed by atoms with Gasteiger partial charge in [0.25, 0.3) is 11.6 Å². The van der Waals surface area contributed by atoms with E-state index >= 15 is 0 Å². The lowest BCUT2D eigenvalue weighted by Gasteiger charge is -2.37. The SMILES string of the molecule is CCOC(=O)c1ccc(N2CCN(Cc3ccccc3)CC2)c(NC(=O)c2ccc([N+](=O)[O-])c(C)c2)c1. The Bertz CT molecular complexity index is 1290. The summed E-state index contributed by atoms with van der Waals surface area (Å²) in [6.07, 6.45) is 0. The number of ether oxygens (including phenoxy) is 1. The number of nitrogens with zero attached hydrogens (tertiary/aromatic N) is 3. The molecule has 37 heavy (non-hydrogen) atoms. The molecule has 3 aromatic carbocycles. The molecule has 0 atom stereocenters. The minimum Gasteiger partial charge on any atom is -0.462 e. The van der Waals surface area contributed by atoms with Crippen LogP contribution in [0.1, 0.15) is 38.8 Å². The van der Waals surface area contributed by atoms with Crippen LogP contribution in [0, 0.1) is 17.0 Å². The number of nitrogens with one attached hydrogen (secondary N) is 1. The molecule has 3 aromatic rings. The van der Waals surface area contributed by atoms with Gasteiger partial charge in [-0.25, -0.2) is 4.79 Å². The van der Waals surface area contributed by atoms with Gasteiger partial charge in [0.1, 0.15) is 0 Å². The van der Waals surface area contributed by atoms with Crippen molar-refractivity contribution in [3.05, 3.63) is 99.1 Å². The summed E-state index contributed by atoms with van der Waals surface area (Å²) in [6.45, 7) is 7.66. The highest BCUT2D eigenvalue weighted by Gasteiger charge is 2.22. The first-order valence-corrected chi connectivity index (χ1v) is 12.2. The highest BCUT2D eigenvalue weighted by molar-refractivity contribution is 6.07. The molecule has 0 bridgehead atoms. The van der Waals surface area contributed by atoms with E-state index in [1.54, 1.807) is 26.0 Å². The van der Waals surface area contributed by atoms with Crippen LogP contribution >= 0.6 is 0 Å². The van der Waals surface area contributed by atoms with E-state index in [4.69, 9.17) is 4.74 Å². The number of carbonyl (C=O) groups excluding carboxylic acids is 2. The number of hydrogen-bond acceptors (Lipinski definition) is 7. The average Bonchev–Trinajstić information content (AvgIpc) is 2.89. The second-order valence-electron chi connectivity index (χ2n) is 8.91. The van der Waals surface area contributed by atoms with Crippen LogP contribution in [-0.4, -0.2) is 54.5 Å². The van der Waals surface area contributed by atoms with Gasteiger partial charge in [0.2, 0.25) is 0 Å². The Kier molecular flexibility index (Phi) is 8.15. The molecule has 1 N–H and O–H groups in total. The number of nitro benzene ring substituents is 1. The Morgan fingerprint density at radius 3 is 2.32 bits per heavy atom. The van der Waals surface area contributed by atoms with Crippen LogP contribution in [0.25, 0.3) is 0 Å². The van der Waals surface area contributed by atoms with Gasteiger partial charge in [0, 0.05) is 49.9 Å². The summed E-state index contributed by atoms with van der Waals surface area (Å²) in [7, 11) is 0. The van der Waals surface area contributed by atoms with Gasteiger partial charge >= 0.3 is 5.97 Å². The molecule has 9 heteroatoms. The van der Waals surface area contributed by atoms with Crippen molar-refractivity contribution in [1.29, 1.82) is 0 Å². The zero-order valence-corrected chi connectivity index (χ0v) is 21.0. The Balaban J connectivity index is 1.54. The van der Waals surface area contributed by atoms with Crippen molar-refractivity contribution in [2.75, 3.05) is 43.0 Å². The topological polar surface area (TPSA) is 105 Å². The number of esters is 1. The predicted molar refractivity (Wildman–Crippen MR) is 142 cm³/mol. The van der Waals surface area contributed by atoms with Crippen LogP contribution in [0.4, 0.5) is 17.1 Å². The standard InChI is InChI=1S/C28H30N4O5/c1-3-37-28(34)23-10-12-26(31-15-13-30(14-16-31)19-21-7-5-4-6-8-21)24(18-23)29-27(33)22-9-11-25(32(35)36)20(2)17-22/h4-12,17-18H,3,13-16,19H2,1-2H3,(H,29,33). The minimum atomic E-state index is -0.477. The summed E-state index contributed by atoms with van der Waals surface area (Å²) in [6, 6.07) is 19.7. The molecule has 0 saturated carbocycles. The third kappa shape index (κ3) is 6.31. The molecule has 4 rings (SSSR count). The van der Waals surface area contributed by atoms with Crippen LogP contribution in [0.15, 0.2) is 66.7 Å². The number of piperazine rings is 1. The lowest BCUT2D eigenvalue weighted by molar-refractivity contribution is -0.385. The number of nitro groups is 1. The summed E-state index contributed by atoms with van der Waals surface area (Å²) in [5.41, 5.74) is 3.54. The molecular weight excluding hydrogens is 472 g/mol. The molecule has 1 fully saturated rings. The van der Waals surface area contributed by atoms with E-state index < -0.39 is 16.8 Å². The number of rotatable bonds is 8. The Morgan fingerprint density at radius 1 is 0.973 bits per heavy atom. The highest BCUT2D eigenvalue weighted by Crippen LogP contribution is 2.30. The van der Waals surface area contributed by atoms with Crippen molar-refractivity contribution >= 4 is 28.9 Å². The fourth-order valence-corrected chi connectivity index (χ4v) is 4.44. The highest BCUT2D eigenvalue weighted by atomic mass is 16.6. The summed E-state index contributed by atoms with van der Waals surface area (Å²) in [5.74, 6) is -0.883. The van der Waals surface area contributed by atoms with Gasteiger partial charge in [-0.3, -0.25) is 19.8 Å². The van der Waals surface area contributed by atoms with Gasteiger partial charge in [0.15, 0.2) is 0 Å². The summed E-state index contributed by atoms with van der Waals surface area (Å²) in [4.78, 5) is 40.7. The number of hydrogen-bond donors (Lipinski definition) is 1. The molecule has 1 aliphatic rings. The molecule has 1 heterocycles. The predicted octanol–water partition coefficient (Wildman–Crippen LogP) is 4.65. The van der Waals surface area contributed by atoms with Crippen LogP contribution < -0.4 is 10.2 Å². The number of amides is 1. The molecule has 9 nitrogen and oxygen atoms in total. The fraction of sp³-hybridized carbons (Fsp3) is 0.286. The molecule has 0 aromatic heterocycles. The van der Waals surface area contributed by atoms with Crippen molar-refractivity contribution in [1.82, 2.24) is 4.90 Å². The normalized spacial score (nSPS) is 13.7.